The lowest BCUT2D eigenvalue weighted by atomic mass is 9.98. The van der Waals surface area contributed by atoms with E-state index >= 15 is 0 Å². The average molecular weight is 763 g/mol. The van der Waals surface area contributed by atoms with Gasteiger partial charge in [-0.3, -0.25) is 0 Å². The summed E-state index contributed by atoms with van der Waals surface area (Å²) in [6.45, 7) is 0. The van der Waals surface area contributed by atoms with Crippen LogP contribution in [0, 0.1) is 0 Å². The van der Waals surface area contributed by atoms with Crippen LogP contribution in [-0.2, 0) is 0 Å². The molecule has 0 saturated carbocycles. The van der Waals surface area contributed by atoms with Crippen LogP contribution >= 0.6 is 11.3 Å². The van der Waals surface area contributed by atoms with Crippen LogP contribution in [0.5, 0.6) is 0 Å². The molecular weight excluding hydrogens is 725 g/mol. The summed E-state index contributed by atoms with van der Waals surface area (Å²) in [4.78, 5) is 15.6. The minimum atomic E-state index is -0.172. The monoisotopic (exact) mass is 762 g/mol. The Morgan fingerprint density at radius 1 is 0.414 bits per heavy atom. The highest BCUT2D eigenvalue weighted by molar-refractivity contribution is 7.26. The van der Waals surface area contributed by atoms with E-state index in [-0.39, 0.29) is 58.1 Å². The Morgan fingerprint density at radius 2 is 0.948 bits per heavy atom. The van der Waals surface area contributed by atoms with E-state index in [2.05, 4.69) is 60.7 Å². The normalized spacial score (nSPS) is 13.2. The molecule has 0 aliphatic heterocycles. The van der Waals surface area contributed by atoms with E-state index in [1.165, 1.54) is 12.1 Å². The number of benzene rings is 9. The van der Waals surface area contributed by atoms with Crippen molar-refractivity contribution in [2.45, 2.75) is 0 Å². The van der Waals surface area contributed by atoms with Crippen molar-refractivity contribution in [1.82, 2.24) is 19.5 Å². The van der Waals surface area contributed by atoms with E-state index < -0.39 is 0 Å². The molecule has 0 bridgehead atoms. The van der Waals surface area contributed by atoms with Crippen molar-refractivity contribution in [3.63, 3.8) is 0 Å². The maximum absolute atomic E-state index is 9.37. The van der Waals surface area contributed by atoms with Crippen LogP contribution in [0.15, 0.2) is 194 Å². The summed E-state index contributed by atoms with van der Waals surface area (Å²) in [5.41, 5.74) is 5.13. The summed E-state index contributed by atoms with van der Waals surface area (Å²) in [7, 11) is 0. The smallest absolute Gasteiger partial charge is 0.164 e. The van der Waals surface area contributed by atoms with E-state index in [1.54, 1.807) is 15.9 Å². The molecule has 3 aromatic heterocycles. The maximum Gasteiger partial charge on any atom is 0.164 e. The van der Waals surface area contributed by atoms with Crippen molar-refractivity contribution in [2.24, 2.45) is 0 Å². The molecule has 12 aromatic rings. The van der Waals surface area contributed by atoms with Gasteiger partial charge in [0.2, 0.25) is 0 Å². The van der Waals surface area contributed by atoms with Crippen LogP contribution in [0.3, 0.4) is 0 Å². The first-order chi connectivity index (χ1) is 31.2. The van der Waals surface area contributed by atoms with Crippen LogP contribution < -0.4 is 0 Å². The fraction of sp³-hybridized carbons (Fsp3) is 0. The SMILES string of the molecule is [2H]c1cc([2H])c2c(c1[2H])c1c([2H])c([2H])cc([2H])c1n2-c1cc(-c2nc(-c3cccc4ccccc34)nc(-c3cccc4ccccc34)n2)ccc1-c1cccc2c1sc1ccccc12. The minimum Gasteiger partial charge on any atom is -0.309 e. The van der Waals surface area contributed by atoms with Gasteiger partial charge in [0.05, 0.1) is 24.9 Å². The zero-order valence-electron chi connectivity index (χ0n) is 36.7. The first-order valence-corrected chi connectivity index (χ1v) is 19.8. The van der Waals surface area contributed by atoms with Crippen LogP contribution in [0.25, 0.3) is 115 Å². The van der Waals surface area contributed by atoms with Gasteiger partial charge in [-0.1, -0.05) is 170 Å². The first-order valence-electron chi connectivity index (χ1n) is 22.0. The van der Waals surface area contributed by atoms with Gasteiger partial charge in [-0.05, 0) is 45.8 Å². The number of para-hydroxylation sites is 2. The Balaban J connectivity index is 1.21. The van der Waals surface area contributed by atoms with Gasteiger partial charge < -0.3 is 4.57 Å². The lowest BCUT2D eigenvalue weighted by molar-refractivity contribution is 1.08. The van der Waals surface area contributed by atoms with Gasteiger partial charge in [-0.25, -0.2) is 15.0 Å². The molecule has 58 heavy (non-hydrogen) atoms. The molecule has 0 N–H and O–H groups in total. The minimum absolute atomic E-state index is 0.0365. The molecule has 0 radical (unpaired) electrons. The molecule has 270 valence electrons. The third kappa shape index (κ3) is 5.11. The maximum atomic E-state index is 9.37. The highest BCUT2D eigenvalue weighted by atomic mass is 32.1. The zero-order valence-corrected chi connectivity index (χ0v) is 31.5. The van der Waals surface area contributed by atoms with Crippen molar-refractivity contribution in [3.8, 4) is 51.0 Å². The Labute approximate surface area is 346 Å². The average Bonchev–Trinajstić information content (AvgIpc) is 3.90. The fourth-order valence-corrected chi connectivity index (χ4v) is 9.62. The quantitative estimate of drug-likeness (QED) is 0.175. The van der Waals surface area contributed by atoms with E-state index in [9.17, 15) is 2.74 Å². The molecule has 0 aliphatic carbocycles. The summed E-state index contributed by atoms with van der Waals surface area (Å²) in [6, 6.07) is 50.9. The second-order valence-corrected chi connectivity index (χ2v) is 15.3. The fourth-order valence-electron chi connectivity index (χ4n) is 8.38. The number of hydrogen-bond acceptors (Lipinski definition) is 4. The Hall–Kier alpha value is -7.47. The van der Waals surface area contributed by atoms with Crippen molar-refractivity contribution < 1.29 is 8.22 Å². The molecule has 12 rings (SSSR count). The summed E-state index contributed by atoms with van der Waals surface area (Å²) >= 11 is 1.69. The third-order valence-corrected chi connectivity index (χ3v) is 12.2. The van der Waals surface area contributed by atoms with Crippen LogP contribution in [0.2, 0.25) is 0 Å². The van der Waals surface area contributed by atoms with Crippen LogP contribution in [0.1, 0.15) is 8.22 Å². The van der Waals surface area contributed by atoms with E-state index in [0.717, 1.165) is 64.0 Å². The number of hydrogen-bond donors (Lipinski definition) is 0. The molecular formula is C53H32N4S. The second kappa shape index (κ2) is 13.1. The molecule has 0 atom stereocenters. The largest absolute Gasteiger partial charge is 0.309 e. The van der Waals surface area contributed by atoms with Gasteiger partial charge in [0.25, 0.3) is 0 Å². The van der Waals surface area contributed by atoms with Gasteiger partial charge in [0, 0.05) is 58.8 Å². The molecule has 0 amide bonds. The summed E-state index contributed by atoms with van der Waals surface area (Å²) in [5, 5.41) is 6.69. The zero-order chi connectivity index (χ0) is 43.4. The molecule has 5 heteroatoms. The van der Waals surface area contributed by atoms with E-state index in [0.29, 0.717) is 28.7 Å². The van der Waals surface area contributed by atoms with Crippen molar-refractivity contribution in [3.05, 3.63) is 194 Å². The number of rotatable bonds is 5. The van der Waals surface area contributed by atoms with Gasteiger partial charge in [-0.2, -0.15) is 0 Å². The van der Waals surface area contributed by atoms with Gasteiger partial charge in [-0.15, -0.1) is 11.3 Å². The second-order valence-electron chi connectivity index (χ2n) is 14.3. The number of aromatic nitrogens is 4. The summed E-state index contributed by atoms with van der Waals surface area (Å²) in [5.74, 6) is 1.39. The van der Waals surface area contributed by atoms with Crippen molar-refractivity contribution >= 4 is 74.9 Å². The summed E-state index contributed by atoms with van der Waals surface area (Å²) < 4.78 is 58.4. The van der Waals surface area contributed by atoms with Crippen molar-refractivity contribution in [1.29, 1.82) is 0 Å². The van der Waals surface area contributed by atoms with Gasteiger partial charge in [0.15, 0.2) is 17.5 Å². The standard InChI is InChI=1S/C53H32N4S/c1-3-18-36-33(14-1)16-11-25-44(36)52-54-51(55-53(56-52)45-26-12-17-34-15-2-4-19-37(34)45)35-30-31-40(42-23-13-24-43-41-22-7-10-29-49(41)58-50(42)43)48(32-35)57-46-27-8-5-20-38(46)39-21-6-9-28-47(39)57/h1-32H/i5D,6D,20D,21D,27D,28D. The molecule has 0 unspecified atom stereocenters. The van der Waals surface area contributed by atoms with Gasteiger partial charge in [0.1, 0.15) is 0 Å². The Morgan fingerprint density at radius 3 is 1.62 bits per heavy atom. The predicted octanol–water partition coefficient (Wildman–Crippen LogP) is 14.3. The lowest BCUT2D eigenvalue weighted by Gasteiger charge is -2.17. The highest BCUT2D eigenvalue weighted by Crippen LogP contribution is 2.44. The molecule has 0 spiro atoms. The molecule has 0 fully saturated rings. The van der Waals surface area contributed by atoms with Gasteiger partial charge >= 0.3 is 0 Å². The van der Waals surface area contributed by atoms with Crippen LogP contribution in [-0.4, -0.2) is 19.5 Å². The Kier molecular flexibility index (Phi) is 6.12. The topological polar surface area (TPSA) is 43.6 Å². The lowest BCUT2D eigenvalue weighted by Crippen LogP contribution is -2.03. The first kappa shape index (κ1) is 27.2. The van der Waals surface area contributed by atoms with Crippen LogP contribution in [0.4, 0.5) is 0 Å². The number of nitrogens with zero attached hydrogens (tertiary/aromatic N) is 4. The highest BCUT2D eigenvalue weighted by Gasteiger charge is 2.21. The molecule has 0 saturated heterocycles. The predicted molar refractivity (Wildman–Crippen MR) is 244 cm³/mol. The number of thiophene rings is 1. The summed E-state index contributed by atoms with van der Waals surface area (Å²) in [6.07, 6.45) is 0. The molecule has 3 heterocycles. The molecule has 0 aliphatic rings. The van der Waals surface area contributed by atoms with E-state index in [4.69, 9.17) is 20.4 Å². The third-order valence-electron chi connectivity index (χ3n) is 11.0. The number of fused-ring (bicyclic) bond motifs is 8. The molecule has 9 aromatic carbocycles. The van der Waals surface area contributed by atoms with E-state index in [1.807, 2.05) is 84.9 Å². The Bertz CT molecular complexity index is 3770. The molecule has 4 nitrogen and oxygen atoms in total. The van der Waals surface area contributed by atoms with Crippen molar-refractivity contribution in [2.75, 3.05) is 0 Å².